The van der Waals surface area contributed by atoms with Crippen molar-refractivity contribution in [3.8, 4) is 23.0 Å². The van der Waals surface area contributed by atoms with E-state index in [0.29, 0.717) is 90.3 Å². The Bertz CT molecular complexity index is 6590. The summed E-state index contributed by atoms with van der Waals surface area (Å²) in [5.41, 5.74) is 2.25. The highest BCUT2D eigenvalue weighted by Gasteiger charge is 2.35. The number of hydrogen-bond acceptors (Lipinski definition) is 22. The Labute approximate surface area is 820 Å². The molecule has 0 saturated heterocycles. The Balaban J connectivity index is 0.000000176. The fourth-order valence-corrected chi connectivity index (χ4v) is 13.9. The van der Waals surface area contributed by atoms with Crippen LogP contribution in [0.2, 0.25) is 0 Å². The lowest BCUT2D eigenvalue weighted by Gasteiger charge is -2.16. The second-order valence-corrected chi connectivity index (χ2v) is 33.8. The first-order valence-electron chi connectivity index (χ1n) is 41.1. The SMILES string of the molecule is CN(C)C(=N)c1ccc(C(=O)Nc2ccc(C(F)(F)F)cc2C(=O)Nc2ccc(Br)cn2)cc1.CN1CCN=C1c1ccc(C(=O)Nc2ccc(C(F)(F)F)cc2C(=O)Nc2ccc(Br)cn2)cc1.COc1cc(NC(=O)c2ccc(C(=N)N(C)C)cc2)c(C(=O)Nc2ccc(Br)cn2)cc1OC.COc1cc(NC(=O)c2ccc(C3=NCCN3C)cc2)c(C(=O)Nc2ccc(Br)cn2)cc1OC. The van der Waals surface area contributed by atoms with Crippen LogP contribution < -0.4 is 61.5 Å². The van der Waals surface area contributed by atoms with Gasteiger partial charge in [-0.05, 0) is 209 Å². The van der Waals surface area contributed by atoms with E-state index in [0.717, 1.165) is 75.6 Å². The van der Waals surface area contributed by atoms with E-state index < -0.39 is 64.8 Å². The minimum absolute atomic E-state index is 0.0680. The second-order valence-electron chi connectivity index (χ2n) is 30.2. The van der Waals surface area contributed by atoms with Crippen LogP contribution in [0, 0.1) is 10.8 Å². The predicted molar refractivity (Wildman–Crippen MR) is 528 cm³/mol. The molecule has 2 aliphatic rings. The van der Waals surface area contributed by atoms with Crippen molar-refractivity contribution >= 4 is 180 Å². The quantitative estimate of drug-likeness (QED) is 0.0153. The Morgan fingerprint density at radius 2 is 0.572 bits per heavy atom. The van der Waals surface area contributed by atoms with E-state index >= 15 is 0 Å². The molecule has 6 heterocycles. The molecule has 10 N–H and O–H groups in total. The fraction of sp³-hybridized carbons (Fsp3) is 0.167. The van der Waals surface area contributed by atoms with Gasteiger partial charge < -0.3 is 81.1 Å². The number of likely N-dealkylation sites (N-methyl/N-ethyl adjacent to an activating group) is 2. The molecule has 0 aliphatic carbocycles. The average Bonchev–Trinajstić information content (AvgIpc) is 1.07. The number of carbonyl (C=O) groups excluding carboxylic acids is 8. The van der Waals surface area contributed by atoms with Crippen LogP contribution in [0.4, 0.5) is 72.4 Å². The van der Waals surface area contributed by atoms with Crippen LogP contribution in [0.15, 0.2) is 259 Å². The summed E-state index contributed by atoms with van der Waals surface area (Å²) in [5.74, 6) is 0.0138. The molecule has 0 radical (unpaired) electrons. The number of benzene rings is 8. The zero-order valence-corrected chi connectivity index (χ0v) is 81.3. The number of rotatable bonds is 24. The van der Waals surface area contributed by atoms with E-state index in [9.17, 15) is 64.7 Å². The average molecular weight is 2150 g/mol. The number of pyridine rings is 4. The first kappa shape index (κ1) is 103. The number of halogens is 10. The third kappa shape index (κ3) is 27.5. The van der Waals surface area contributed by atoms with Crippen molar-refractivity contribution in [1.29, 1.82) is 10.8 Å². The molecule has 4 aromatic heterocycles. The Morgan fingerprint density at radius 3 is 0.804 bits per heavy atom. The minimum Gasteiger partial charge on any atom is -0.493 e. The number of nitrogens with zero attached hydrogens (tertiary/aromatic N) is 10. The molecule has 2 aliphatic heterocycles. The van der Waals surface area contributed by atoms with E-state index in [4.69, 9.17) is 29.8 Å². The van der Waals surface area contributed by atoms with Gasteiger partial charge in [-0.2, -0.15) is 26.3 Å². The van der Waals surface area contributed by atoms with Gasteiger partial charge in [-0.3, -0.25) is 59.2 Å². The van der Waals surface area contributed by atoms with Crippen LogP contribution >= 0.6 is 63.7 Å². The zero-order valence-electron chi connectivity index (χ0n) is 74.9. The molecule has 14 rings (SSSR count). The summed E-state index contributed by atoms with van der Waals surface area (Å²) in [6.07, 6.45) is -3.36. The smallest absolute Gasteiger partial charge is 0.416 e. The molecule has 712 valence electrons. The third-order valence-electron chi connectivity index (χ3n) is 20.3. The summed E-state index contributed by atoms with van der Waals surface area (Å²) < 4.78 is 104. The van der Waals surface area contributed by atoms with Gasteiger partial charge in [0.1, 0.15) is 46.6 Å². The highest BCUT2D eigenvalue weighted by atomic mass is 79.9. The molecule has 8 amide bonds. The molecule has 0 atom stereocenters. The van der Waals surface area contributed by atoms with Gasteiger partial charge in [0.15, 0.2) is 23.0 Å². The summed E-state index contributed by atoms with van der Waals surface area (Å²) in [6.45, 7) is 3.14. The van der Waals surface area contributed by atoms with Crippen molar-refractivity contribution in [2.45, 2.75) is 12.4 Å². The van der Waals surface area contributed by atoms with Crippen LogP contribution in [0.3, 0.4) is 0 Å². The lowest BCUT2D eigenvalue weighted by molar-refractivity contribution is -0.138. The van der Waals surface area contributed by atoms with Gasteiger partial charge >= 0.3 is 12.4 Å². The summed E-state index contributed by atoms with van der Waals surface area (Å²) in [7, 11) is 16.8. The highest BCUT2D eigenvalue weighted by Crippen LogP contribution is 2.39. The van der Waals surface area contributed by atoms with Crippen molar-refractivity contribution < 1.29 is 83.6 Å². The number of carbonyl (C=O) groups is 8. The summed E-state index contributed by atoms with van der Waals surface area (Å²) in [6, 6.07) is 50.7. The lowest BCUT2D eigenvalue weighted by Crippen LogP contribution is -2.23. The van der Waals surface area contributed by atoms with Crippen molar-refractivity contribution in [1.82, 2.24) is 39.5 Å². The highest BCUT2D eigenvalue weighted by molar-refractivity contribution is 9.11. The molecular weight excluding hydrogens is 2060 g/mol. The maximum Gasteiger partial charge on any atom is 0.416 e. The maximum atomic E-state index is 13.3. The van der Waals surface area contributed by atoms with Crippen LogP contribution in [0.5, 0.6) is 23.0 Å². The number of alkyl halides is 6. The van der Waals surface area contributed by atoms with Crippen LogP contribution in [-0.4, -0.2) is 207 Å². The molecule has 0 fully saturated rings. The van der Waals surface area contributed by atoms with Crippen LogP contribution in [0.1, 0.15) is 116 Å². The van der Waals surface area contributed by atoms with E-state index in [-0.39, 0.29) is 79.5 Å². The van der Waals surface area contributed by atoms with E-state index in [2.05, 4.69) is 141 Å². The van der Waals surface area contributed by atoms with Gasteiger partial charge in [0.2, 0.25) is 0 Å². The molecule has 12 aromatic rings. The molecule has 138 heavy (non-hydrogen) atoms. The fourth-order valence-electron chi connectivity index (χ4n) is 13.0. The second kappa shape index (κ2) is 46.8. The first-order chi connectivity index (χ1) is 65.7. The van der Waals surface area contributed by atoms with E-state index in [1.807, 2.05) is 31.1 Å². The van der Waals surface area contributed by atoms with Crippen molar-refractivity contribution in [3.63, 3.8) is 0 Å². The zero-order chi connectivity index (χ0) is 100.0. The van der Waals surface area contributed by atoms with Gasteiger partial charge in [0.25, 0.3) is 47.3 Å². The van der Waals surface area contributed by atoms with Crippen molar-refractivity contribution in [2.75, 3.05) is 139 Å². The summed E-state index contributed by atoms with van der Waals surface area (Å²) in [4.78, 5) is 136. The number of hydrogen-bond donors (Lipinski definition) is 10. The number of aliphatic imine (C=N–C) groups is 2. The Hall–Kier alpha value is -15.3. The number of amides is 8. The van der Waals surface area contributed by atoms with Gasteiger partial charge in [0, 0.05) is 155 Å². The lowest BCUT2D eigenvalue weighted by atomic mass is 10.1. The van der Waals surface area contributed by atoms with Crippen molar-refractivity contribution in [3.05, 3.63) is 327 Å². The largest absolute Gasteiger partial charge is 0.493 e. The van der Waals surface area contributed by atoms with Gasteiger partial charge in [-0.15, -0.1) is 0 Å². The molecule has 0 saturated carbocycles. The topological polar surface area (TPSA) is 407 Å². The first-order valence-corrected chi connectivity index (χ1v) is 44.2. The molecule has 8 aromatic carbocycles. The number of methoxy groups -OCH3 is 4. The van der Waals surface area contributed by atoms with Gasteiger partial charge in [-0.1, -0.05) is 48.5 Å². The normalized spacial score (nSPS) is 11.9. The summed E-state index contributed by atoms with van der Waals surface area (Å²) in [5, 5.41) is 37.0. The van der Waals surface area contributed by atoms with E-state index in [1.165, 1.54) is 83.3 Å². The predicted octanol–water partition coefficient (Wildman–Crippen LogP) is 18.6. The minimum atomic E-state index is -4.68. The number of nitrogens with one attached hydrogen (secondary N) is 10. The molecule has 0 spiro atoms. The standard InChI is InChI=1S/C25H24BrN5O4.C24H19BrF3N5O2.C24H24BrN5O4.C23H19BrF3N5O2/c1-31-11-10-27-23(31)15-4-6-16(7-5-15)24(32)29-19-13-21(35-3)20(34-2)12-18(19)25(33)30-22-9-8-17(26)14-28-22;1-33-11-10-29-21(33)14-2-4-15(5-3-14)22(34)31-19-8-6-16(24(26,27)28)12-18(19)23(35)32-20-9-7-17(25)13-30-20;1-30(2)22(26)14-5-7-15(8-6-14)23(31)28-18-12-20(34-4)19(33-3)11-17(18)24(32)29-21-10-9-16(25)13-27-21;1-32(2)20(28)13-3-5-14(6-4-13)21(33)30-18-9-7-15(23(25,26)27)11-17(18)22(34)31-19-10-8-16(24)12-29-19/h4-9,12-14H,10-11H2,1-3H3,(H,29,32)(H,28,30,33);2-9,12-13H,10-11H2,1H3,(H,31,34)(H,30,32,35);5-13,26H,1-4H3,(H,28,31)(H,27,29,32);3-12,28H,1-2H3,(H,30,33)(H,29,31,34). The third-order valence-corrected chi connectivity index (χ3v) is 22.1. The molecule has 42 heteroatoms. The van der Waals surface area contributed by atoms with Crippen LogP contribution in [0.25, 0.3) is 0 Å². The van der Waals surface area contributed by atoms with Crippen LogP contribution in [-0.2, 0) is 12.4 Å². The van der Waals surface area contributed by atoms with E-state index in [1.54, 1.807) is 166 Å². The summed E-state index contributed by atoms with van der Waals surface area (Å²) >= 11 is 13.0. The molecule has 32 nitrogen and oxygen atoms in total. The maximum absolute atomic E-state index is 13.3. The molecular formula is C96H86Br4F6N20O12. The Kier molecular flexibility index (Phi) is 35.0. The number of ether oxygens (including phenoxy) is 4. The van der Waals surface area contributed by atoms with Gasteiger partial charge in [-0.25, -0.2) is 19.9 Å². The number of amidine groups is 4. The van der Waals surface area contributed by atoms with Gasteiger partial charge in [0.05, 0.1) is 97.7 Å². The van der Waals surface area contributed by atoms with Crippen molar-refractivity contribution in [2.24, 2.45) is 9.98 Å². The number of anilines is 8. The molecule has 0 bridgehead atoms. The molecule has 0 unspecified atom stereocenters. The monoisotopic (exact) mass is 2140 g/mol. The number of aromatic nitrogens is 4. The Morgan fingerprint density at radius 1 is 0.326 bits per heavy atom.